The van der Waals surface area contributed by atoms with Gasteiger partial charge in [0.05, 0.1) is 11.0 Å². The van der Waals surface area contributed by atoms with Crippen molar-refractivity contribution in [3.8, 4) is 11.5 Å². The number of nitro groups is 1. The van der Waals surface area contributed by atoms with Crippen molar-refractivity contribution in [3.63, 3.8) is 0 Å². The maximum atomic E-state index is 10.8. The second-order valence-electron chi connectivity index (χ2n) is 10.2. The molecular formula is C26H30N2O5. The summed E-state index contributed by atoms with van der Waals surface area (Å²) in [5, 5.41) is 40.2. The van der Waals surface area contributed by atoms with Crippen LogP contribution in [0, 0.1) is 38.7 Å². The number of ether oxygens (including phenoxy) is 1. The van der Waals surface area contributed by atoms with E-state index in [0.29, 0.717) is 29.9 Å². The molecule has 2 aromatic carbocycles. The highest BCUT2D eigenvalue weighted by atomic mass is 16.6. The molecule has 33 heavy (non-hydrogen) atoms. The van der Waals surface area contributed by atoms with Crippen LogP contribution >= 0.6 is 0 Å². The Balaban J connectivity index is 1.39. The molecule has 2 aromatic rings. The number of nitrogens with zero attached hydrogens (tertiary/aromatic N) is 1. The molecule has 0 saturated heterocycles. The predicted molar refractivity (Wildman–Crippen MR) is 124 cm³/mol. The van der Waals surface area contributed by atoms with Crippen LogP contribution in [0.25, 0.3) is 0 Å². The summed E-state index contributed by atoms with van der Waals surface area (Å²) >= 11 is 0. The zero-order valence-corrected chi connectivity index (χ0v) is 18.7. The maximum absolute atomic E-state index is 10.8. The predicted octanol–water partition coefficient (Wildman–Crippen LogP) is 4.97. The van der Waals surface area contributed by atoms with Crippen LogP contribution in [0.4, 0.5) is 5.69 Å². The highest BCUT2D eigenvalue weighted by Crippen LogP contribution is 2.62. The van der Waals surface area contributed by atoms with E-state index in [9.17, 15) is 20.3 Å². The zero-order valence-electron chi connectivity index (χ0n) is 18.7. The molecule has 3 aliphatic carbocycles. The molecular weight excluding hydrogens is 420 g/mol. The highest BCUT2D eigenvalue weighted by molar-refractivity contribution is 5.59. The van der Waals surface area contributed by atoms with Gasteiger partial charge in [-0.25, -0.2) is 0 Å². The molecule has 6 atom stereocenters. The number of hydrogen-bond donors (Lipinski definition) is 3. The number of nitro benzene ring substituents is 1. The molecule has 0 spiro atoms. The smallest absolute Gasteiger partial charge is 0.269 e. The lowest BCUT2D eigenvalue weighted by Gasteiger charge is -2.51. The van der Waals surface area contributed by atoms with Gasteiger partial charge >= 0.3 is 0 Å². The molecule has 3 aliphatic rings. The number of aliphatic hydroxyl groups excluding tert-OH is 1. The molecule has 0 bridgehead atoms. The second-order valence-corrected chi connectivity index (χ2v) is 10.2. The number of benzene rings is 2. The minimum atomic E-state index is -0.433. The summed E-state index contributed by atoms with van der Waals surface area (Å²) in [4.78, 5) is 10.4. The molecule has 2 saturated carbocycles. The van der Waals surface area contributed by atoms with E-state index in [4.69, 9.17) is 10.1 Å². The Bertz CT molecular complexity index is 1080. The van der Waals surface area contributed by atoms with E-state index in [1.165, 1.54) is 17.7 Å². The van der Waals surface area contributed by atoms with E-state index < -0.39 is 4.92 Å². The lowest BCUT2D eigenvalue weighted by molar-refractivity contribution is -0.384. The van der Waals surface area contributed by atoms with Crippen LogP contribution in [0.15, 0.2) is 36.4 Å². The third-order valence-corrected chi connectivity index (χ3v) is 8.57. The fourth-order valence-electron chi connectivity index (χ4n) is 6.90. The molecule has 2 unspecified atom stereocenters. The Labute approximate surface area is 193 Å². The lowest BCUT2D eigenvalue weighted by atomic mass is 9.54. The Morgan fingerprint density at radius 3 is 2.73 bits per heavy atom. The number of nitrogens with one attached hydrogen (secondary N) is 1. The number of aryl methyl sites for hydroxylation is 1. The maximum Gasteiger partial charge on any atom is 0.269 e. The first kappa shape index (κ1) is 21.9. The topological polar surface area (TPSA) is 117 Å². The second kappa shape index (κ2) is 8.13. The SMILES string of the molecule is C[C@]12CC[C@@H]3c4cc(OCc5ccc([N+](=O)[O-])cc5)c(O)cc4CC[C@H]3[C@@H]1C(C=N)CC2O. The van der Waals surface area contributed by atoms with E-state index in [-0.39, 0.29) is 35.5 Å². The molecule has 2 fully saturated rings. The normalized spacial score (nSPS) is 32.4. The minimum absolute atomic E-state index is 0.0333. The molecule has 0 aliphatic heterocycles. The number of non-ortho nitro benzene ring substituents is 1. The van der Waals surface area contributed by atoms with Crippen molar-refractivity contribution in [1.29, 1.82) is 5.41 Å². The van der Waals surface area contributed by atoms with Crippen LogP contribution < -0.4 is 4.74 Å². The van der Waals surface area contributed by atoms with E-state index in [0.717, 1.165) is 36.8 Å². The first-order valence-electron chi connectivity index (χ1n) is 11.7. The van der Waals surface area contributed by atoms with Gasteiger partial charge in [0.25, 0.3) is 5.69 Å². The number of rotatable bonds is 5. The fourth-order valence-corrected chi connectivity index (χ4v) is 6.90. The van der Waals surface area contributed by atoms with E-state index in [1.807, 2.05) is 12.1 Å². The summed E-state index contributed by atoms with van der Waals surface area (Å²) in [6.45, 7) is 2.41. The summed E-state index contributed by atoms with van der Waals surface area (Å²) < 4.78 is 5.94. The average molecular weight is 451 g/mol. The van der Waals surface area contributed by atoms with Crippen molar-refractivity contribution < 1.29 is 19.9 Å². The van der Waals surface area contributed by atoms with Crippen LogP contribution in [0.5, 0.6) is 11.5 Å². The van der Waals surface area contributed by atoms with E-state index in [2.05, 4.69) is 6.92 Å². The quantitative estimate of drug-likeness (QED) is 0.338. The molecule has 5 rings (SSSR count). The molecule has 0 amide bonds. The standard InChI is InChI=1S/C26H30N2O5/c1-26-9-8-19-20(25(26)17(13-27)11-24(26)30)7-4-16-10-22(29)23(12-21(16)19)33-14-15-2-5-18(6-3-15)28(31)32/h2-3,5-6,10,12-13,17,19-20,24-25,27,29-30H,4,7-9,11,14H2,1H3/t17?,19-,20+,24?,25-,26+/m0/s1. The van der Waals surface area contributed by atoms with E-state index in [1.54, 1.807) is 18.3 Å². The number of aromatic hydroxyl groups is 1. The van der Waals surface area contributed by atoms with Gasteiger partial charge in [-0.15, -0.1) is 0 Å². The molecule has 7 heteroatoms. The molecule has 0 heterocycles. The number of fused-ring (bicyclic) bond motifs is 5. The number of phenols is 1. The third-order valence-electron chi connectivity index (χ3n) is 8.57. The molecule has 174 valence electrons. The molecule has 0 aromatic heterocycles. The Hall–Kier alpha value is -2.93. The first-order chi connectivity index (χ1) is 15.8. The molecule has 7 nitrogen and oxygen atoms in total. The largest absolute Gasteiger partial charge is 0.504 e. The van der Waals surface area contributed by atoms with Crippen molar-refractivity contribution >= 4 is 11.9 Å². The van der Waals surface area contributed by atoms with Crippen molar-refractivity contribution in [3.05, 3.63) is 63.2 Å². The summed E-state index contributed by atoms with van der Waals surface area (Å²) in [5.41, 5.74) is 3.07. The van der Waals surface area contributed by atoms with Gasteiger partial charge in [-0.3, -0.25) is 10.1 Å². The van der Waals surface area contributed by atoms with Gasteiger partial charge in [-0.05, 0) is 108 Å². The van der Waals surface area contributed by atoms with Crippen LogP contribution in [-0.2, 0) is 13.0 Å². The number of aliphatic hydroxyl groups is 1. The highest BCUT2D eigenvalue weighted by Gasteiger charge is 2.58. The minimum Gasteiger partial charge on any atom is -0.504 e. The first-order valence-corrected chi connectivity index (χ1v) is 11.7. The summed E-state index contributed by atoms with van der Waals surface area (Å²) in [6, 6.07) is 10.0. The van der Waals surface area contributed by atoms with Gasteiger partial charge in [-0.2, -0.15) is 0 Å². The average Bonchev–Trinajstić information content (AvgIpc) is 3.08. The van der Waals surface area contributed by atoms with Crippen molar-refractivity contribution in [2.45, 2.75) is 57.7 Å². The van der Waals surface area contributed by atoms with Gasteiger partial charge in [0, 0.05) is 12.1 Å². The molecule has 0 radical (unpaired) electrons. The zero-order chi connectivity index (χ0) is 23.3. The molecule has 3 N–H and O–H groups in total. The lowest BCUT2D eigenvalue weighted by Crippen LogP contribution is -2.45. The van der Waals surface area contributed by atoms with Crippen LogP contribution in [-0.4, -0.2) is 27.5 Å². The van der Waals surface area contributed by atoms with Crippen LogP contribution in [0.3, 0.4) is 0 Å². The Kier molecular flexibility index (Phi) is 5.40. The number of hydrogen-bond acceptors (Lipinski definition) is 6. The fraction of sp³-hybridized carbons (Fsp3) is 0.500. The van der Waals surface area contributed by atoms with Gasteiger partial charge in [0.1, 0.15) is 6.61 Å². The summed E-state index contributed by atoms with van der Waals surface area (Å²) in [6.07, 6.45) is 5.68. The Morgan fingerprint density at radius 1 is 1.27 bits per heavy atom. The van der Waals surface area contributed by atoms with Crippen molar-refractivity contribution in [2.75, 3.05) is 0 Å². The summed E-state index contributed by atoms with van der Waals surface area (Å²) in [5.74, 6) is 1.71. The van der Waals surface area contributed by atoms with E-state index >= 15 is 0 Å². The third kappa shape index (κ3) is 3.59. The van der Waals surface area contributed by atoms with Crippen molar-refractivity contribution in [1.82, 2.24) is 0 Å². The number of phenolic OH excluding ortho intramolecular Hbond substituents is 1. The monoisotopic (exact) mass is 450 g/mol. The Morgan fingerprint density at radius 2 is 2.03 bits per heavy atom. The summed E-state index contributed by atoms with van der Waals surface area (Å²) in [7, 11) is 0. The van der Waals surface area contributed by atoms with Gasteiger partial charge < -0.3 is 20.4 Å². The van der Waals surface area contributed by atoms with Gasteiger partial charge in [0.15, 0.2) is 11.5 Å². The van der Waals surface area contributed by atoms with Gasteiger partial charge in [-0.1, -0.05) is 6.92 Å². The van der Waals surface area contributed by atoms with Gasteiger partial charge in [0.2, 0.25) is 0 Å². The van der Waals surface area contributed by atoms with Crippen LogP contribution in [0.2, 0.25) is 0 Å². The van der Waals surface area contributed by atoms with Crippen LogP contribution in [0.1, 0.15) is 55.2 Å². The van der Waals surface area contributed by atoms with Crippen molar-refractivity contribution in [2.24, 2.45) is 23.2 Å².